The van der Waals surface area contributed by atoms with Gasteiger partial charge < -0.3 is 9.64 Å². The summed E-state index contributed by atoms with van der Waals surface area (Å²) in [6, 6.07) is 22.5. The van der Waals surface area contributed by atoms with Crippen molar-refractivity contribution in [3.63, 3.8) is 0 Å². The second-order valence-electron chi connectivity index (χ2n) is 8.23. The van der Waals surface area contributed by atoms with Crippen molar-refractivity contribution >= 4 is 16.7 Å². The summed E-state index contributed by atoms with van der Waals surface area (Å²) in [5.41, 5.74) is 2.64. The Morgan fingerprint density at radius 2 is 1.91 bits per heavy atom. The topological polar surface area (TPSA) is 60.2 Å². The van der Waals surface area contributed by atoms with Gasteiger partial charge >= 0.3 is 0 Å². The number of amides is 1. The molecule has 1 amide bonds. The molecule has 2 heterocycles. The highest BCUT2D eigenvalue weighted by atomic mass is 16.5. The van der Waals surface area contributed by atoms with E-state index in [1.165, 1.54) is 10.8 Å². The monoisotopic (exact) mass is 426 g/mol. The average Bonchev–Trinajstić information content (AvgIpc) is 3.32. The van der Waals surface area contributed by atoms with Crippen LogP contribution >= 0.6 is 0 Å². The third kappa shape index (κ3) is 3.96. The molecule has 0 aliphatic carbocycles. The first-order valence-electron chi connectivity index (χ1n) is 11.0. The molecule has 162 valence electrons. The Balaban J connectivity index is 1.38. The minimum absolute atomic E-state index is 0.0227. The molecule has 1 saturated heterocycles. The highest BCUT2D eigenvalue weighted by Gasteiger charge is 2.30. The van der Waals surface area contributed by atoms with Crippen molar-refractivity contribution < 1.29 is 9.53 Å². The Morgan fingerprint density at radius 1 is 1.06 bits per heavy atom. The lowest BCUT2D eigenvalue weighted by Gasteiger charge is -2.35. The first-order valence-corrected chi connectivity index (χ1v) is 11.0. The van der Waals surface area contributed by atoms with Gasteiger partial charge in [0, 0.05) is 6.54 Å². The van der Waals surface area contributed by atoms with Gasteiger partial charge in [0.25, 0.3) is 5.91 Å². The van der Waals surface area contributed by atoms with Crippen molar-refractivity contribution in [2.75, 3.05) is 13.7 Å². The molecule has 1 aromatic heterocycles. The Labute approximate surface area is 187 Å². The number of fused-ring (bicyclic) bond motifs is 1. The number of piperidine rings is 1. The van der Waals surface area contributed by atoms with Crippen LogP contribution in [0.3, 0.4) is 0 Å². The van der Waals surface area contributed by atoms with Crippen LogP contribution in [0.15, 0.2) is 72.9 Å². The van der Waals surface area contributed by atoms with Gasteiger partial charge in [0.1, 0.15) is 5.75 Å². The summed E-state index contributed by atoms with van der Waals surface area (Å²) in [6.45, 7) is 1.29. The maximum atomic E-state index is 13.4. The number of carbonyl (C=O) groups excluding carboxylic acids is 1. The number of aromatic nitrogens is 3. The van der Waals surface area contributed by atoms with Crippen LogP contribution in [0.5, 0.6) is 5.75 Å². The first-order chi connectivity index (χ1) is 15.7. The fraction of sp³-hybridized carbons (Fsp3) is 0.269. The number of carbonyl (C=O) groups is 1. The molecule has 1 aliphatic heterocycles. The fourth-order valence-electron chi connectivity index (χ4n) is 4.60. The van der Waals surface area contributed by atoms with Crippen LogP contribution in [0, 0.1) is 0 Å². The van der Waals surface area contributed by atoms with Gasteiger partial charge in [0.2, 0.25) is 0 Å². The van der Waals surface area contributed by atoms with Gasteiger partial charge in [-0.25, -0.2) is 4.68 Å². The standard InChI is InChI=1S/C26H26N4O2/c1-32-22-12-7-10-20(16-22)25-14-4-5-15-30(25)26(31)24-18-29(28-27-24)17-21-11-6-9-19-8-2-3-13-23(19)21/h2-3,6-13,16,18,25H,4-5,14-15,17H2,1H3/t25-/m0/s1. The SMILES string of the molecule is COc1cccc([C@@H]2CCCCN2C(=O)c2cn(Cc3cccc4ccccc34)nn2)c1. The zero-order valence-corrected chi connectivity index (χ0v) is 18.1. The van der Waals surface area contributed by atoms with E-state index in [4.69, 9.17) is 4.74 Å². The first kappa shape index (κ1) is 20.2. The molecule has 0 N–H and O–H groups in total. The summed E-state index contributed by atoms with van der Waals surface area (Å²) in [5.74, 6) is 0.739. The Kier molecular flexibility index (Phi) is 5.58. The number of hydrogen-bond acceptors (Lipinski definition) is 4. The summed E-state index contributed by atoms with van der Waals surface area (Å²) < 4.78 is 7.14. The highest BCUT2D eigenvalue weighted by molar-refractivity contribution is 5.92. The maximum absolute atomic E-state index is 13.4. The van der Waals surface area contributed by atoms with Crippen molar-refractivity contribution in [1.82, 2.24) is 19.9 Å². The van der Waals surface area contributed by atoms with Crippen molar-refractivity contribution in [2.45, 2.75) is 31.8 Å². The third-order valence-corrected chi connectivity index (χ3v) is 6.21. The number of methoxy groups -OCH3 is 1. The van der Waals surface area contributed by atoms with Gasteiger partial charge in [0.15, 0.2) is 5.69 Å². The number of likely N-dealkylation sites (tertiary alicyclic amines) is 1. The number of rotatable bonds is 5. The quantitative estimate of drug-likeness (QED) is 0.457. The van der Waals surface area contributed by atoms with Crippen molar-refractivity contribution in [3.8, 4) is 5.75 Å². The molecule has 0 bridgehead atoms. The summed E-state index contributed by atoms with van der Waals surface area (Å²) in [4.78, 5) is 15.3. The van der Waals surface area contributed by atoms with Gasteiger partial charge in [-0.15, -0.1) is 5.10 Å². The van der Waals surface area contributed by atoms with E-state index in [0.29, 0.717) is 12.2 Å². The molecule has 1 aliphatic rings. The van der Waals surface area contributed by atoms with Gasteiger partial charge in [-0.05, 0) is 53.3 Å². The predicted octanol–water partition coefficient (Wildman–Crippen LogP) is 4.86. The normalized spacial score (nSPS) is 16.3. The molecule has 4 aromatic rings. The zero-order valence-electron chi connectivity index (χ0n) is 18.1. The van der Waals surface area contributed by atoms with Crippen LogP contribution in [-0.4, -0.2) is 39.5 Å². The van der Waals surface area contributed by atoms with E-state index in [2.05, 4.69) is 40.6 Å². The molecule has 0 saturated carbocycles. The van der Waals surface area contributed by atoms with Crippen LogP contribution in [0.1, 0.15) is 46.9 Å². The maximum Gasteiger partial charge on any atom is 0.276 e. The van der Waals surface area contributed by atoms with Crippen LogP contribution < -0.4 is 4.74 Å². The smallest absolute Gasteiger partial charge is 0.276 e. The fourth-order valence-corrected chi connectivity index (χ4v) is 4.60. The van der Waals surface area contributed by atoms with Crippen LogP contribution in [0.4, 0.5) is 0 Å². The van der Waals surface area contributed by atoms with Crippen molar-refractivity contribution in [2.24, 2.45) is 0 Å². The van der Waals surface area contributed by atoms with Gasteiger partial charge in [-0.2, -0.15) is 0 Å². The van der Waals surface area contributed by atoms with Crippen LogP contribution in [0.25, 0.3) is 10.8 Å². The molecule has 1 fully saturated rings. The second kappa shape index (κ2) is 8.83. The van der Waals surface area contributed by atoms with Gasteiger partial charge in [-0.1, -0.05) is 59.8 Å². The van der Waals surface area contributed by atoms with Crippen LogP contribution in [0.2, 0.25) is 0 Å². The van der Waals surface area contributed by atoms with E-state index in [1.807, 2.05) is 41.3 Å². The predicted molar refractivity (Wildman–Crippen MR) is 124 cm³/mol. The van der Waals surface area contributed by atoms with E-state index < -0.39 is 0 Å². The van der Waals surface area contributed by atoms with E-state index in [-0.39, 0.29) is 11.9 Å². The van der Waals surface area contributed by atoms with Gasteiger partial charge in [-0.3, -0.25) is 4.79 Å². The number of ether oxygens (including phenoxy) is 1. The molecular formula is C26H26N4O2. The molecule has 32 heavy (non-hydrogen) atoms. The molecule has 6 nitrogen and oxygen atoms in total. The minimum atomic E-state index is -0.0679. The summed E-state index contributed by atoms with van der Waals surface area (Å²) in [6.07, 6.45) is 4.79. The molecular weight excluding hydrogens is 400 g/mol. The minimum Gasteiger partial charge on any atom is -0.497 e. The summed E-state index contributed by atoms with van der Waals surface area (Å²) >= 11 is 0. The number of nitrogens with zero attached hydrogens (tertiary/aromatic N) is 4. The zero-order chi connectivity index (χ0) is 21.9. The van der Waals surface area contributed by atoms with E-state index in [1.54, 1.807) is 18.0 Å². The summed E-state index contributed by atoms with van der Waals surface area (Å²) in [7, 11) is 1.66. The Hall–Kier alpha value is -3.67. The highest BCUT2D eigenvalue weighted by Crippen LogP contribution is 2.33. The lowest BCUT2D eigenvalue weighted by Crippen LogP contribution is -2.38. The van der Waals surface area contributed by atoms with Crippen molar-refractivity contribution in [3.05, 3.63) is 89.7 Å². The molecule has 1 atom stereocenters. The van der Waals surface area contributed by atoms with E-state index in [0.717, 1.165) is 42.7 Å². The van der Waals surface area contributed by atoms with Crippen LogP contribution in [-0.2, 0) is 6.54 Å². The van der Waals surface area contributed by atoms with Crippen molar-refractivity contribution in [1.29, 1.82) is 0 Å². The lowest BCUT2D eigenvalue weighted by molar-refractivity contribution is 0.0605. The molecule has 6 heteroatoms. The lowest BCUT2D eigenvalue weighted by atomic mass is 9.94. The molecule has 0 unspecified atom stereocenters. The third-order valence-electron chi connectivity index (χ3n) is 6.21. The van der Waals surface area contributed by atoms with E-state index >= 15 is 0 Å². The molecule has 5 rings (SSSR count). The largest absolute Gasteiger partial charge is 0.497 e. The molecule has 0 radical (unpaired) electrons. The molecule has 0 spiro atoms. The summed E-state index contributed by atoms with van der Waals surface area (Å²) in [5, 5.41) is 10.9. The Bertz CT molecular complexity index is 1240. The Morgan fingerprint density at radius 3 is 2.81 bits per heavy atom. The van der Waals surface area contributed by atoms with Gasteiger partial charge in [0.05, 0.1) is 25.9 Å². The second-order valence-corrected chi connectivity index (χ2v) is 8.23. The average molecular weight is 427 g/mol. The molecule has 3 aromatic carbocycles. The van der Waals surface area contributed by atoms with E-state index in [9.17, 15) is 4.79 Å². The number of hydrogen-bond donors (Lipinski definition) is 0. The number of benzene rings is 3.